The van der Waals surface area contributed by atoms with Gasteiger partial charge in [-0.05, 0) is 93.7 Å². The number of rotatable bonds is 6. The quantitative estimate of drug-likeness (QED) is 0.171. The van der Waals surface area contributed by atoms with E-state index in [2.05, 4.69) is 186 Å². The zero-order chi connectivity index (χ0) is 36.3. The Balaban J connectivity index is 1.07. The minimum Gasteiger partial charge on any atom is -0.455 e. The van der Waals surface area contributed by atoms with Crippen molar-refractivity contribution in [3.63, 3.8) is 0 Å². The van der Waals surface area contributed by atoms with E-state index in [0.29, 0.717) is 0 Å². The zero-order valence-electron chi connectivity index (χ0n) is 29.7. The van der Waals surface area contributed by atoms with Gasteiger partial charge >= 0.3 is 0 Å². The van der Waals surface area contributed by atoms with E-state index < -0.39 is 0 Å². The van der Waals surface area contributed by atoms with Crippen molar-refractivity contribution in [3.8, 4) is 33.4 Å². The van der Waals surface area contributed by atoms with E-state index in [9.17, 15) is 0 Å². The predicted molar refractivity (Wildman–Crippen MR) is 233 cm³/mol. The van der Waals surface area contributed by atoms with Crippen LogP contribution in [-0.4, -0.2) is 4.98 Å². The summed E-state index contributed by atoms with van der Waals surface area (Å²) in [6.07, 6.45) is 3.75. The maximum Gasteiger partial charge on any atom is 0.143 e. The van der Waals surface area contributed by atoms with E-state index >= 15 is 0 Å². The molecule has 0 radical (unpaired) electrons. The number of hydrogen-bond donors (Lipinski definition) is 0. The van der Waals surface area contributed by atoms with Crippen LogP contribution in [0.25, 0.3) is 86.3 Å². The molecule has 0 saturated heterocycles. The molecule has 8 aromatic carbocycles. The molecule has 4 heteroatoms. The summed E-state index contributed by atoms with van der Waals surface area (Å²) in [5.41, 5.74) is 11.8. The molecule has 0 spiro atoms. The second kappa shape index (κ2) is 12.8. The standard InChI is InChI=1S/C51H32N2OS/c1-2-15-37(16-3-1)53(38-27-25-33(26-28-38)42-21-9-22-44-43-19-6-7-24-47(43)55-51(42)44)39-17-8-13-34(30-39)45-31-35-12-4-5-18-40(35)49-48-41(36-14-11-29-52-32-36)20-10-23-46(48)54-50(45)49/h1-32H. The van der Waals surface area contributed by atoms with Crippen LogP contribution in [0.5, 0.6) is 0 Å². The molecule has 11 rings (SSSR count). The van der Waals surface area contributed by atoms with Gasteiger partial charge in [-0.1, -0.05) is 121 Å². The molecular formula is C51H32N2OS. The first-order chi connectivity index (χ1) is 27.3. The van der Waals surface area contributed by atoms with Crippen LogP contribution in [-0.2, 0) is 0 Å². The fourth-order valence-corrected chi connectivity index (χ4v) is 9.48. The smallest absolute Gasteiger partial charge is 0.143 e. The first-order valence-corrected chi connectivity index (χ1v) is 19.3. The largest absolute Gasteiger partial charge is 0.455 e. The lowest BCUT2D eigenvalue weighted by Crippen LogP contribution is -2.09. The van der Waals surface area contributed by atoms with Crippen LogP contribution in [0.15, 0.2) is 199 Å². The number of thiophene rings is 1. The molecule has 0 aliphatic rings. The fraction of sp³-hybridized carbons (Fsp3) is 0. The maximum absolute atomic E-state index is 6.85. The minimum absolute atomic E-state index is 0.863. The highest BCUT2D eigenvalue weighted by Gasteiger charge is 2.21. The van der Waals surface area contributed by atoms with Gasteiger partial charge in [0.05, 0.1) is 0 Å². The summed E-state index contributed by atoms with van der Waals surface area (Å²) in [5.74, 6) is 0. The van der Waals surface area contributed by atoms with E-state index in [1.807, 2.05) is 29.8 Å². The first kappa shape index (κ1) is 31.5. The van der Waals surface area contributed by atoms with E-state index in [4.69, 9.17) is 4.42 Å². The molecule has 3 nitrogen and oxygen atoms in total. The van der Waals surface area contributed by atoms with Gasteiger partial charge in [0.1, 0.15) is 11.2 Å². The average Bonchev–Trinajstić information content (AvgIpc) is 3.84. The topological polar surface area (TPSA) is 29.3 Å². The molecule has 0 saturated carbocycles. The van der Waals surface area contributed by atoms with Gasteiger partial charge in [0, 0.05) is 71.5 Å². The third-order valence-corrected chi connectivity index (χ3v) is 12.0. The molecule has 0 fully saturated rings. The van der Waals surface area contributed by atoms with Crippen LogP contribution in [0.3, 0.4) is 0 Å². The maximum atomic E-state index is 6.85. The first-order valence-electron chi connectivity index (χ1n) is 18.5. The molecule has 0 amide bonds. The van der Waals surface area contributed by atoms with Gasteiger partial charge in [-0.2, -0.15) is 0 Å². The van der Waals surface area contributed by atoms with Crippen molar-refractivity contribution in [2.75, 3.05) is 4.90 Å². The molecule has 55 heavy (non-hydrogen) atoms. The molecule has 3 heterocycles. The summed E-state index contributed by atoms with van der Waals surface area (Å²) in [7, 11) is 0. The van der Waals surface area contributed by atoms with Crippen LogP contribution in [0.2, 0.25) is 0 Å². The number of nitrogens with zero attached hydrogens (tertiary/aromatic N) is 2. The number of benzene rings is 8. The zero-order valence-corrected chi connectivity index (χ0v) is 30.5. The van der Waals surface area contributed by atoms with Crippen molar-refractivity contribution in [1.29, 1.82) is 0 Å². The summed E-state index contributed by atoms with van der Waals surface area (Å²) in [6.45, 7) is 0. The summed E-state index contributed by atoms with van der Waals surface area (Å²) < 4.78 is 9.49. The van der Waals surface area contributed by atoms with Gasteiger partial charge in [0.25, 0.3) is 0 Å². The van der Waals surface area contributed by atoms with E-state index in [-0.39, 0.29) is 0 Å². The number of anilines is 3. The predicted octanol–water partition coefficient (Wildman–Crippen LogP) is 15.0. The highest BCUT2D eigenvalue weighted by molar-refractivity contribution is 7.26. The van der Waals surface area contributed by atoms with Crippen LogP contribution in [0.4, 0.5) is 17.1 Å². The summed E-state index contributed by atoms with van der Waals surface area (Å²) in [6, 6.07) is 65.1. The second-order valence-corrected chi connectivity index (χ2v) is 15.0. The van der Waals surface area contributed by atoms with Crippen molar-refractivity contribution >= 4 is 81.3 Å². The monoisotopic (exact) mass is 720 g/mol. The van der Waals surface area contributed by atoms with Crippen LogP contribution in [0.1, 0.15) is 0 Å². The molecular weight excluding hydrogens is 689 g/mol. The van der Waals surface area contributed by atoms with Gasteiger partial charge in [0.15, 0.2) is 0 Å². The Morgan fingerprint density at radius 2 is 1.16 bits per heavy atom. The van der Waals surface area contributed by atoms with Crippen LogP contribution < -0.4 is 4.90 Å². The van der Waals surface area contributed by atoms with E-state index in [0.717, 1.165) is 61.3 Å². The van der Waals surface area contributed by atoms with Gasteiger partial charge in [-0.3, -0.25) is 4.98 Å². The van der Waals surface area contributed by atoms with Crippen molar-refractivity contribution in [2.24, 2.45) is 0 Å². The Labute approximate surface area is 322 Å². The second-order valence-electron chi connectivity index (χ2n) is 13.9. The Morgan fingerprint density at radius 1 is 0.455 bits per heavy atom. The average molecular weight is 721 g/mol. The molecule has 0 aliphatic carbocycles. The summed E-state index contributed by atoms with van der Waals surface area (Å²) >= 11 is 1.87. The molecule has 0 N–H and O–H groups in total. The minimum atomic E-state index is 0.863. The normalized spacial score (nSPS) is 11.6. The highest BCUT2D eigenvalue weighted by Crippen LogP contribution is 2.46. The molecule has 0 unspecified atom stereocenters. The third-order valence-electron chi connectivity index (χ3n) is 10.7. The van der Waals surface area contributed by atoms with Crippen LogP contribution in [0, 0.1) is 0 Å². The molecule has 11 aromatic rings. The summed E-state index contributed by atoms with van der Waals surface area (Å²) in [5, 5.41) is 7.20. The Morgan fingerprint density at radius 3 is 2.04 bits per heavy atom. The number of pyridine rings is 1. The van der Waals surface area contributed by atoms with Crippen molar-refractivity contribution in [2.45, 2.75) is 0 Å². The lowest BCUT2D eigenvalue weighted by atomic mass is 9.93. The third kappa shape index (κ3) is 5.22. The molecule has 0 bridgehead atoms. The van der Waals surface area contributed by atoms with Gasteiger partial charge in [-0.15, -0.1) is 11.3 Å². The lowest BCUT2D eigenvalue weighted by molar-refractivity contribution is 0.670. The Kier molecular flexibility index (Phi) is 7.35. The molecule has 3 aromatic heterocycles. The van der Waals surface area contributed by atoms with Gasteiger partial charge in [-0.25, -0.2) is 0 Å². The fourth-order valence-electron chi connectivity index (χ4n) is 8.25. The Hall–Kier alpha value is -7.01. The SMILES string of the molecule is c1ccc(N(c2ccc(-c3cccc4c3sc3ccccc34)cc2)c2cccc(-c3cc4ccccc4c4c3oc3cccc(-c5cccnc5)c34)c2)cc1. The molecule has 0 atom stereocenters. The molecule has 258 valence electrons. The number of fused-ring (bicyclic) bond motifs is 8. The van der Waals surface area contributed by atoms with Crippen LogP contribution >= 0.6 is 11.3 Å². The van der Waals surface area contributed by atoms with E-state index in [1.165, 1.54) is 42.1 Å². The van der Waals surface area contributed by atoms with Gasteiger partial charge < -0.3 is 9.32 Å². The van der Waals surface area contributed by atoms with Gasteiger partial charge in [0.2, 0.25) is 0 Å². The number of para-hydroxylation sites is 1. The lowest BCUT2D eigenvalue weighted by Gasteiger charge is -2.26. The number of hydrogen-bond acceptors (Lipinski definition) is 4. The van der Waals surface area contributed by atoms with Crippen molar-refractivity contribution in [3.05, 3.63) is 194 Å². The van der Waals surface area contributed by atoms with Crippen molar-refractivity contribution in [1.82, 2.24) is 4.98 Å². The number of aromatic nitrogens is 1. The molecule has 0 aliphatic heterocycles. The van der Waals surface area contributed by atoms with Crippen molar-refractivity contribution < 1.29 is 4.42 Å². The summed E-state index contributed by atoms with van der Waals surface area (Å²) in [4.78, 5) is 6.78. The Bertz CT molecular complexity index is 3200. The van der Waals surface area contributed by atoms with E-state index in [1.54, 1.807) is 0 Å². The number of furan rings is 1. The highest BCUT2D eigenvalue weighted by atomic mass is 32.1.